The Hall–Kier alpha value is -4.46. The highest BCUT2D eigenvalue weighted by Gasteiger charge is 2.24. The second-order valence-corrected chi connectivity index (χ2v) is 8.58. The van der Waals surface area contributed by atoms with Gasteiger partial charge in [0.2, 0.25) is 5.88 Å². The van der Waals surface area contributed by atoms with Gasteiger partial charge < -0.3 is 20.1 Å². The van der Waals surface area contributed by atoms with Crippen molar-refractivity contribution in [2.75, 3.05) is 0 Å². The second kappa shape index (κ2) is 8.72. The lowest BCUT2D eigenvalue weighted by molar-refractivity contribution is 0.0953. The number of fused-ring (bicyclic) bond motifs is 2. The van der Waals surface area contributed by atoms with E-state index in [0.29, 0.717) is 16.3 Å². The van der Waals surface area contributed by atoms with Gasteiger partial charge in [-0.1, -0.05) is 24.3 Å². The fraction of sp³-hybridized carbons (Fsp3) is 0.148. The minimum atomic E-state index is -0.381. The van der Waals surface area contributed by atoms with Crippen molar-refractivity contribution in [2.45, 2.75) is 26.9 Å². The van der Waals surface area contributed by atoms with Crippen LogP contribution in [-0.2, 0) is 13.1 Å². The van der Waals surface area contributed by atoms with Gasteiger partial charge in [-0.3, -0.25) is 14.8 Å². The predicted octanol–water partition coefficient (Wildman–Crippen LogP) is 4.73. The molecule has 0 fully saturated rings. The molecular formula is C27H23FN4O3. The Labute approximate surface area is 200 Å². The molecule has 0 radical (unpaired) electrons. The number of amides is 1. The fourth-order valence-corrected chi connectivity index (χ4v) is 4.36. The van der Waals surface area contributed by atoms with Crippen molar-refractivity contribution >= 4 is 27.6 Å². The van der Waals surface area contributed by atoms with Crippen molar-refractivity contribution in [3.63, 3.8) is 0 Å². The van der Waals surface area contributed by atoms with E-state index in [9.17, 15) is 19.4 Å². The van der Waals surface area contributed by atoms with Crippen molar-refractivity contribution in [1.82, 2.24) is 19.9 Å². The first-order chi connectivity index (χ1) is 16.8. The molecule has 0 saturated carbocycles. The second-order valence-electron chi connectivity index (χ2n) is 8.58. The van der Waals surface area contributed by atoms with E-state index < -0.39 is 0 Å². The first-order valence-electron chi connectivity index (χ1n) is 11.1. The Kier molecular flexibility index (Phi) is 5.56. The summed E-state index contributed by atoms with van der Waals surface area (Å²) in [5.41, 5.74) is 4.00. The largest absolute Gasteiger partial charge is 0.505 e. The number of aromatic nitrogens is 3. The smallest absolute Gasteiger partial charge is 0.252 e. The van der Waals surface area contributed by atoms with Gasteiger partial charge in [0.05, 0.1) is 29.7 Å². The lowest BCUT2D eigenvalue weighted by atomic mass is 10.0. The van der Waals surface area contributed by atoms with Gasteiger partial charge in [0.15, 0.2) is 5.75 Å². The Morgan fingerprint density at radius 2 is 1.86 bits per heavy atom. The van der Waals surface area contributed by atoms with Crippen molar-refractivity contribution < 1.29 is 19.4 Å². The van der Waals surface area contributed by atoms with Crippen LogP contribution in [0, 0.1) is 19.7 Å². The zero-order chi connectivity index (χ0) is 24.7. The van der Waals surface area contributed by atoms with E-state index in [1.807, 2.05) is 19.9 Å². The maximum Gasteiger partial charge on any atom is 0.252 e. The quantitative estimate of drug-likeness (QED) is 0.345. The number of pyridine rings is 2. The summed E-state index contributed by atoms with van der Waals surface area (Å²) in [7, 11) is 0. The average Bonchev–Trinajstić information content (AvgIpc) is 3.16. The number of hydrogen-bond donors (Lipinski definition) is 3. The molecule has 8 heteroatoms. The summed E-state index contributed by atoms with van der Waals surface area (Å²) in [6, 6.07) is 11.3. The van der Waals surface area contributed by atoms with Crippen LogP contribution < -0.4 is 5.32 Å². The van der Waals surface area contributed by atoms with Crippen molar-refractivity contribution in [3.05, 3.63) is 94.8 Å². The van der Waals surface area contributed by atoms with Crippen molar-refractivity contribution in [2.24, 2.45) is 0 Å². The molecule has 0 saturated heterocycles. The SMILES string of the molecule is Cc1cnc(CNC(=O)c2c3cccnc3c(O)c3c(O)n(Cc4ccc(F)cc4)cc23)c(C)c1. The number of carbonyl (C=O) groups excluding carboxylic acids is 1. The van der Waals surface area contributed by atoms with Crippen molar-refractivity contribution in [3.8, 4) is 11.6 Å². The number of nitrogens with zero attached hydrogens (tertiary/aromatic N) is 3. The standard InChI is InChI=1S/C27H23FN4O3/c1-15-10-16(2)21(30-11-15)12-31-26(34)22-19-4-3-9-29-24(19)25(33)23-20(22)14-32(27(23)35)13-17-5-7-18(28)8-6-17/h3-11,14,33,35H,12-13H2,1-2H3,(H,31,34). The molecule has 0 spiro atoms. The van der Waals surface area contributed by atoms with Crippen LogP contribution in [0.5, 0.6) is 11.6 Å². The highest BCUT2D eigenvalue weighted by atomic mass is 19.1. The van der Waals surface area contributed by atoms with Crippen LogP contribution >= 0.6 is 0 Å². The van der Waals surface area contributed by atoms with Crippen LogP contribution in [0.1, 0.15) is 32.7 Å². The molecule has 0 atom stereocenters. The molecule has 2 aromatic carbocycles. The minimum absolute atomic E-state index is 0.133. The average molecular weight is 471 g/mol. The molecule has 1 amide bonds. The van der Waals surface area contributed by atoms with E-state index >= 15 is 0 Å². The number of phenolic OH excluding ortho intramolecular Hbond substituents is 1. The monoisotopic (exact) mass is 470 g/mol. The molecule has 3 N–H and O–H groups in total. The number of nitrogens with one attached hydrogen (secondary N) is 1. The summed E-state index contributed by atoms with van der Waals surface area (Å²) >= 11 is 0. The number of benzene rings is 2. The Bertz CT molecular complexity index is 1590. The molecule has 0 bridgehead atoms. The van der Waals surface area contributed by atoms with Crippen LogP contribution in [0.15, 0.2) is 61.1 Å². The zero-order valence-corrected chi connectivity index (χ0v) is 19.2. The Balaban J connectivity index is 1.61. The van der Waals surface area contributed by atoms with Crippen LogP contribution in [0.4, 0.5) is 4.39 Å². The summed E-state index contributed by atoms with van der Waals surface area (Å²) in [5, 5.41) is 25.8. The molecule has 176 valence electrons. The zero-order valence-electron chi connectivity index (χ0n) is 19.2. The Morgan fingerprint density at radius 1 is 1.09 bits per heavy atom. The van der Waals surface area contributed by atoms with Gasteiger partial charge in [-0.25, -0.2) is 4.39 Å². The summed E-state index contributed by atoms with van der Waals surface area (Å²) in [4.78, 5) is 22.1. The van der Waals surface area contributed by atoms with Gasteiger partial charge in [-0.05, 0) is 48.7 Å². The molecule has 5 rings (SSSR count). The highest BCUT2D eigenvalue weighted by Crippen LogP contribution is 2.42. The molecule has 7 nitrogen and oxygen atoms in total. The third-order valence-electron chi connectivity index (χ3n) is 6.09. The van der Waals surface area contributed by atoms with E-state index in [1.54, 1.807) is 36.7 Å². The summed E-state index contributed by atoms with van der Waals surface area (Å²) in [6.45, 7) is 4.33. The molecule has 0 aliphatic heterocycles. The molecule has 3 aromatic heterocycles. The summed E-state index contributed by atoms with van der Waals surface area (Å²) in [5.74, 6) is -1.16. The van der Waals surface area contributed by atoms with Gasteiger partial charge in [0.1, 0.15) is 11.3 Å². The van der Waals surface area contributed by atoms with Gasteiger partial charge in [-0.2, -0.15) is 0 Å². The normalized spacial score (nSPS) is 11.3. The third kappa shape index (κ3) is 4.03. The number of hydrogen-bond acceptors (Lipinski definition) is 5. The van der Waals surface area contributed by atoms with Gasteiger partial charge in [-0.15, -0.1) is 0 Å². The highest BCUT2D eigenvalue weighted by molar-refractivity contribution is 6.21. The van der Waals surface area contributed by atoms with Gasteiger partial charge in [0, 0.05) is 29.4 Å². The molecule has 5 aromatic rings. The maximum absolute atomic E-state index is 13.5. The molecule has 35 heavy (non-hydrogen) atoms. The van der Waals surface area contributed by atoms with Crippen LogP contribution in [0.3, 0.4) is 0 Å². The number of aryl methyl sites for hydroxylation is 2. The third-order valence-corrected chi connectivity index (χ3v) is 6.09. The number of phenols is 1. The molecular weight excluding hydrogens is 447 g/mol. The summed E-state index contributed by atoms with van der Waals surface area (Å²) in [6.07, 6.45) is 4.88. The van der Waals surface area contributed by atoms with Gasteiger partial charge >= 0.3 is 0 Å². The van der Waals surface area contributed by atoms with E-state index in [-0.39, 0.29) is 47.3 Å². The minimum Gasteiger partial charge on any atom is -0.505 e. The molecule has 3 heterocycles. The lowest BCUT2D eigenvalue weighted by Crippen LogP contribution is -2.24. The van der Waals surface area contributed by atoms with Crippen molar-refractivity contribution in [1.29, 1.82) is 0 Å². The predicted molar refractivity (Wildman–Crippen MR) is 131 cm³/mol. The van der Waals surface area contributed by atoms with E-state index in [4.69, 9.17) is 0 Å². The first kappa shape index (κ1) is 22.3. The summed E-state index contributed by atoms with van der Waals surface area (Å²) < 4.78 is 14.8. The number of aromatic hydroxyl groups is 2. The van der Waals surface area contributed by atoms with E-state index in [0.717, 1.165) is 22.4 Å². The lowest BCUT2D eigenvalue weighted by Gasteiger charge is -2.12. The molecule has 0 unspecified atom stereocenters. The van der Waals surface area contributed by atoms with E-state index in [2.05, 4.69) is 15.3 Å². The van der Waals surface area contributed by atoms with Gasteiger partial charge in [0.25, 0.3) is 5.91 Å². The number of rotatable bonds is 5. The van der Waals surface area contributed by atoms with E-state index in [1.165, 1.54) is 22.9 Å². The maximum atomic E-state index is 13.5. The number of carbonyl (C=O) groups is 1. The molecule has 0 aliphatic carbocycles. The number of halogens is 1. The van der Waals surface area contributed by atoms with Crippen LogP contribution in [0.25, 0.3) is 21.7 Å². The fourth-order valence-electron chi connectivity index (χ4n) is 4.36. The Morgan fingerprint density at radius 3 is 2.60 bits per heavy atom. The van der Waals surface area contributed by atoms with Crippen LogP contribution in [0.2, 0.25) is 0 Å². The topological polar surface area (TPSA) is 100 Å². The molecule has 0 aliphatic rings. The van der Waals surface area contributed by atoms with Crippen LogP contribution in [-0.4, -0.2) is 30.7 Å². The first-order valence-corrected chi connectivity index (χ1v) is 11.1.